The molecular formula is C11H22N2O3S. The van der Waals surface area contributed by atoms with Crippen molar-refractivity contribution in [2.75, 3.05) is 26.2 Å². The van der Waals surface area contributed by atoms with Gasteiger partial charge >= 0.3 is 0 Å². The molecule has 1 atom stereocenters. The van der Waals surface area contributed by atoms with E-state index in [9.17, 15) is 8.42 Å². The van der Waals surface area contributed by atoms with Crippen LogP contribution < -0.4 is 0 Å². The summed E-state index contributed by atoms with van der Waals surface area (Å²) in [7, 11) is -3.28. The van der Waals surface area contributed by atoms with Gasteiger partial charge in [-0.2, -0.15) is 17.0 Å². The summed E-state index contributed by atoms with van der Waals surface area (Å²) in [5.74, 6) is 0. The van der Waals surface area contributed by atoms with Crippen LogP contribution in [0.25, 0.3) is 0 Å². The first-order valence-electron chi connectivity index (χ1n) is 6.54. The molecule has 0 aliphatic carbocycles. The van der Waals surface area contributed by atoms with Crippen molar-refractivity contribution in [2.24, 2.45) is 0 Å². The highest BCUT2D eigenvalue weighted by Gasteiger charge is 2.37. The van der Waals surface area contributed by atoms with E-state index in [0.29, 0.717) is 26.1 Å². The smallest absolute Gasteiger partial charge is 0.282 e. The molecule has 0 radical (unpaired) electrons. The summed E-state index contributed by atoms with van der Waals surface area (Å²) in [6, 6.07) is -0.000602. The van der Waals surface area contributed by atoms with E-state index in [1.54, 1.807) is 8.61 Å². The van der Waals surface area contributed by atoms with Crippen LogP contribution in [-0.4, -0.2) is 54.4 Å². The molecule has 2 heterocycles. The second-order valence-corrected chi connectivity index (χ2v) is 6.77. The zero-order valence-corrected chi connectivity index (χ0v) is 11.0. The normalized spacial score (nSPS) is 28.6. The second kappa shape index (κ2) is 5.65. The van der Waals surface area contributed by atoms with Crippen molar-refractivity contribution >= 4 is 10.2 Å². The molecule has 0 aromatic rings. The van der Waals surface area contributed by atoms with Crippen molar-refractivity contribution in [3.63, 3.8) is 0 Å². The number of aliphatic hydroxyl groups excluding tert-OH is 1. The summed E-state index contributed by atoms with van der Waals surface area (Å²) in [6.45, 7) is 2.00. The van der Waals surface area contributed by atoms with E-state index in [4.69, 9.17) is 5.11 Å². The summed E-state index contributed by atoms with van der Waals surface area (Å²) in [5, 5.41) is 9.03. The lowest BCUT2D eigenvalue weighted by Gasteiger charge is -2.36. The van der Waals surface area contributed by atoms with Gasteiger partial charge in [-0.25, -0.2) is 0 Å². The molecule has 0 saturated carbocycles. The van der Waals surface area contributed by atoms with Crippen LogP contribution in [0.5, 0.6) is 0 Å². The van der Waals surface area contributed by atoms with Crippen molar-refractivity contribution in [1.29, 1.82) is 0 Å². The maximum atomic E-state index is 12.4. The highest BCUT2D eigenvalue weighted by atomic mass is 32.2. The lowest BCUT2D eigenvalue weighted by atomic mass is 10.0. The molecule has 0 bridgehead atoms. The first-order chi connectivity index (χ1) is 8.16. The zero-order chi connectivity index (χ0) is 12.3. The van der Waals surface area contributed by atoms with Crippen molar-refractivity contribution < 1.29 is 13.5 Å². The Hall–Kier alpha value is -0.170. The van der Waals surface area contributed by atoms with Gasteiger partial charge in [0.25, 0.3) is 10.2 Å². The fourth-order valence-electron chi connectivity index (χ4n) is 2.78. The Morgan fingerprint density at radius 3 is 2.35 bits per heavy atom. The van der Waals surface area contributed by atoms with E-state index in [1.165, 1.54) is 0 Å². The van der Waals surface area contributed by atoms with Gasteiger partial charge in [0.15, 0.2) is 0 Å². The minimum absolute atomic E-state index is 0.000602. The fraction of sp³-hybridized carbons (Fsp3) is 1.00. The van der Waals surface area contributed by atoms with Gasteiger partial charge in [-0.15, -0.1) is 0 Å². The topological polar surface area (TPSA) is 60.9 Å². The van der Waals surface area contributed by atoms with Gasteiger partial charge in [0.2, 0.25) is 0 Å². The number of hydrogen-bond donors (Lipinski definition) is 1. The van der Waals surface area contributed by atoms with E-state index in [1.807, 2.05) is 0 Å². The molecule has 2 saturated heterocycles. The lowest BCUT2D eigenvalue weighted by Crippen LogP contribution is -2.50. The molecule has 0 aromatic heterocycles. The molecule has 6 heteroatoms. The second-order valence-electron chi connectivity index (χ2n) is 4.89. The Morgan fingerprint density at radius 1 is 1.06 bits per heavy atom. The molecular weight excluding hydrogens is 240 g/mol. The molecule has 100 valence electrons. The van der Waals surface area contributed by atoms with Crippen molar-refractivity contribution in [3.8, 4) is 0 Å². The van der Waals surface area contributed by atoms with Crippen LogP contribution in [0.15, 0.2) is 0 Å². The molecule has 0 aromatic carbocycles. The third-order valence-electron chi connectivity index (χ3n) is 3.72. The maximum absolute atomic E-state index is 12.4. The summed E-state index contributed by atoms with van der Waals surface area (Å²) < 4.78 is 28.1. The average Bonchev–Trinajstić information content (AvgIpc) is 2.84. The number of nitrogens with zero attached hydrogens (tertiary/aromatic N) is 2. The van der Waals surface area contributed by atoms with Crippen LogP contribution in [0, 0.1) is 0 Å². The summed E-state index contributed by atoms with van der Waals surface area (Å²) in [5.41, 5.74) is 0. The zero-order valence-electron chi connectivity index (χ0n) is 10.2. The Morgan fingerprint density at radius 2 is 1.71 bits per heavy atom. The predicted octanol–water partition coefficient (Wildman–Crippen LogP) is 0.564. The van der Waals surface area contributed by atoms with Crippen LogP contribution in [0.3, 0.4) is 0 Å². The molecule has 1 N–H and O–H groups in total. The van der Waals surface area contributed by atoms with Gasteiger partial charge in [0.1, 0.15) is 0 Å². The fourth-order valence-corrected chi connectivity index (χ4v) is 4.75. The molecule has 0 spiro atoms. The molecule has 0 amide bonds. The van der Waals surface area contributed by atoms with E-state index >= 15 is 0 Å². The maximum Gasteiger partial charge on any atom is 0.282 e. The van der Waals surface area contributed by atoms with Crippen LogP contribution in [0.2, 0.25) is 0 Å². The number of rotatable bonds is 4. The van der Waals surface area contributed by atoms with Crippen LogP contribution in [0.1, 0.15) is 38.5 Å². The molecule has 2 aliphatic heterocycles. The highest BCUT2D eigenvalue weighted by Crippen LogP contribution is 2.26. The van der Waals surface area contributed by atoms with Crippen LogP contribution in [-0.2, 0) is 10.2 Å². The monoisotopic (exact) mass is 262 g/mol. The van der Waals surface area contributed by atoms with Gasteiger partial charge in [-0.1, -0.05) is 6.42 Å². The molecule has 5 nitrogen and oxygen atoms in total. The van der Waals surface area contributed by atoms with E-state index in [2.05, 4.69) is 0 Å². The third-order valence-corrected chi connectivity index (χ3v) is 5.81. The van der Waals surface area contributed by atoms with Gasteiger partial charge < -0.3 is 5.11 Å². The minimum atomic E-state index is -3.28. The SMILES string of the molecule is O=S(=O)(N1CCCC1)N1CCCCC1CCO. The molecule has 1 unspecified atom stereocenters. The summed E-state index contributed by atoms with van der Waals surface area (Å²) in [6.07, 6.45) is 5.39. The summed E-state index contributed by atoms with van der Waals surface area (Å²) in [4.78, 5) is 0. The Balaban J connectivity index is 2.11. The molecule has 2 fully saturated rings. The van der Waals surface area contributed by atoms with Crippen molar-refractivity contribution in [1.82, 2.24) is 8.61 Å². The van der Waals surface area contributed by atoms with Crippen LogP contribution in [0.4, 0.5) is 0 Å². The Kier molecular flexibility index (Phi) is 4.41. The first kappa shape index (κ1) is 13.3. The van der Waals surface area contributed by atoms with Gasteiger partial charge in [0.05, 0.1) is 0 Å². The van der Waals surface area contributed by atoms with Gasteiger partial charge in [0, 0.05) is 32.3 Å². The predicted molar refractivity (Wildman–Crippen MR) is 65.8 cm³/mol. The molecule has 2 aliphatic rings. The minimum Gasteiger partial charge on any atom is -0.396 e. The quantitative estimate of drug-likeness (QED) is 0.805. The Labute approximate surface area is 104 Å². The average molecular weight is 262 g/mol. The van der Waals surface area contributed by atoms with Crippen LogP contribution >= 0.6 is 0 Å². The first-order valence-corrected chi connectivity index (χ1v) is 7.94. The number of aliphatic hydroxyl groups is 1. The number of hydrogen-bond acceptors (Lipinski definition) is 3. The van der Waals surface area contributed by atoms with E-state index in [0.717, 1.165) is 32.1 Å². The Bertz CT molecular complexity index is 337. The largest absolute Gasteiger partial charge is 0.396 e. The van der Waals surface area contributed by atoms with Crippen molar-refractivity contribution in [2.45, 2.75) is 44.6 Å². The third kappa shape index (κ3) is 2.81. The highest BCUT2D eigenvalue weighted by molar-refractivity contribution is 7.86. The summed E-state index contributed by atoms with van der Waals surface area (Å²) >= 11 is 0. The number of piperidine rings is 1. The lowest BCUT2D eigenvalue weighted by molar-refractivity contribution is 0.185. The van der Waals surface area contributed by atoms with Gasteiger partial charge in [-0.05, 0) is 32.1 Å². The standard InChI is InChI=1S/C11H22N2O3S/c14-10-6-11-5-1-2-9-13(11)17(15,16)12-7-3-4-8-12/h11,14H,1-10H2. The van der Waals surface area contributed by atoms with Crippen molar-refractivity contribution in [3.05, 3.63) is 0 Å². The molecule has 17 heavy (non-hydrogen) atoms. The van der Waals surface area contributed by atoms with Gasteiger partial charge in [-0.3, -0.25) is 0 Å². The van der Waals surface area contributed by atoms with E-state index in [-0.39, 0.29) is 12.6 Å². The molecule has 2 rings (SSSR count). The van der Waals surface area contributed by atoms with E-state index < -0.39 is 10.2 Å².